The van der Waals surface area contributed by atoms with Gasteiger partial charge in [-0.3, -0.25) is 24.0 Å². The number of amides is 2. The molecule has 0 aliphatic carbocycles. The van der Waals surface area contributed by atoms with E-state index in [0.717, 1.165) is 16.6 Å². The van der Waals surface area contributed by atoms with Crippen molar-refractivity contribution in [1.82, 2.24) is 10.2 Å². The lowest BCUT2D eigenvalue weighted by Crippen LogP contribution is -2.52. The van der Waals surface area contributed by atoms with Crippen molar-refractivity contribution in [2.75, 3.05) is 23.7 Å². The number of nitro groups is 1. The summed E-state index contributed by atoms with van der Waals surface area (Å²) in [4.78, 5) is 38.5. The highest BCUT2D eigenvalue weighted by molar-refractivity contribution is 7.92. The highest BCUT2D eigenvalue weighted by Crippen LogP contribution is 2.24. The summed E-state index contributed by atoms with van der Waals surface area (Å²) in [5, 5.41) is 14.5. The number of nitrogens with one attached hydrogen (secondary N) is 1. The molecule has 1 atom stereocenters. The van der Waals surface area contributed by atoms with Gasteiger partial charge in [-0.1, -0.05) is 50.6 Å². The number of carbonyl (C=O) groups is 2. The van der Waals surface area contributed by atoms with Gasteiger partial charge in [0.2, 0.25) is 21.8 Å². The number of benzene rings is 2. The topological polar surface area (TPSA) is 130 Å². The lowest BCUT2D eigenvalue weighted by molar-refractivity contribution is -0.384. The third-order valence-electron chi connectivity index (χ3n) is 5.34. The number of rotatable bonds is 12. The van der Waals surface area contributed by atoms with Crippen LogP contribution < -0.4 is 9.62 Å². The number of hydrogen-bond donors (Lipinski definition) is 1. The van der Waals surface area contributed by atoms with Gasteiger partial charge in [0, 0.05) is 30.2 Å². The lowest BCUT2D eigenvalue weighted by atomic mass is 10.1. The van der Waals surface area contributed by atoms with Gasteiger partial charge in [0.25, 0.3) is 5.69 Å². The molecule has 2 rings (SSSR count). The van der Waals surface area contributed by atoms with E-state index in [-0.39, 0.29) is 29.7 Å². The van der Waals surface area contributed by atoms with E-state index < -0.39 is 33.4 Å². The summed E-state index contributed by atoms with van der Waals surface area (Å²) in [5.41, 5.74) is 0.360. The number of nitro benzene ring substituents is 1. The number of nitrogens with zero attached hydrogens (tertiary/aromatic N) is 3. The van der Waals surface area contributed by atoms with Gasteiger partial charge >= 0.3 is 0 Å². The molecule has 0 aliphatic rings. The van der Waals surface area contributed by atoms with Crippen molar-refractivity contribution in [3.63, 3.8) is 0 Å². The Balaban J connectivity index is 2.45. The van der Waals surface area contributed by atoms with E-state index >= 15 is 0 Å². The molecule has 36 heavy (non-hydrogen) atoms. The number of halogens is 1. The predicted molar refractivity (Wildman–Crippen MR) is 139 cm³/mol. The molecule has 0 saturated heterocycles. The number of carbonyl (C=O) groups excluding carboxylic acids is 2. The van der Waals surface area contributed by atoms with Gasteiger partial charge in [-0.15, -0.1) is 0 Å². The number of hydrogen-bond acceptors (Lipinski definition) is 6. The van der Waals surface area contributed by atoms with Crippen LogP contribution in [0.1, 0.15) is 32.8 Å². The number of sulfonamides is 1. The zero-order chi connectivity index (χ0) is 27.0. The molecule has 0 heterocycles. The molecule has 0 bridgehead atoms. The van der Waals surface area contributed by atoms with Crippen LogP contribution in [-0.4, -0.2) is 55.4 Å². The molecule has 0 unspecified atom stereocenters. The van der Waals surface area contributed by atoms with Crippen LogP contribution in [0.5, 0.6) is 0 Å². The molecule has 0 aliphatic heterocycles. The molecule has 0 saturated carbocycles. The van der Waals surface area contributed by atoms with E-state index in [1.54, 1.807) is 31.2 Å². The Labute approximate surface area is 216 Å². The van der Waals surface area contributed by atoms with Crippen LogP contribution >= 0.6 is 11.6 Å². The van der Waals surface area contributed by atoms with Crippen molar-refractivity contribution in [2.24, 2.45) is 5.92 Å². The third kappa shape index (κ3) is 8.20. The zero-order valence-electron chi connectivity index (χ0n) is 20.7. The fraction of sp³-hybridized carbons (Fsp3) is 0.417. The molecule has 2 aromatic carbocycles. The van der Waals surface area contributed by atoms with Gasteiger partial charge in [0.1, 0.15) is 12.6 Å². The Kier molecular flexibility index (Phi) is 10.2. The summed E-state index contributed by atoms with van der Waals surface area (Å²) in [6, 6.07) is 10.9. The van der Waals surface area contributed by atoms with E-state index in [1.807, 2.05) is 13.8 Å². The summed E-state index contributed by atoms with van der Waals surface area (Å²) < 4.78 is 26.0. The van der Waals surface area contributed by atoms with E-state index in [2.05, 4.69) is 5.32 Å². The Morgan fingerprint density at radius 3 is 2.31 bits per heavy atom. The second-order valence-corrected chi connectivity index (χ2v) is 11.1. The van der Waals surface area contributed by atoms with Crippen LogP contribution in [-0.2, 0) is 26.2 Å². The number of anilines is 1. The molecule has 1 N–H and O–H groups in total. The SMILES string of the molecule is CC[C@@H](C(=O)NCC(C)C)N(Cc1ccc(Cl)cc1)C(=O)CN(c1cccc([N+](=O)[O-])c1)S(C)(=O)=O. The van der Waals surface area contributed by atoms with E-state index in [1.165, 1.54) is 23.1 Å². The molecule has 0 fully saturated rings. The molecule has 10 nitrogen and oxygen atoms in total. The second kappa shape index (κ2) is 12.7. The predicted octanol–water partition coefficient (Wildman–Crippen LogP) is 3.59. The second-order valence-electron chi connectivity index (χ2n) is 8.76. The van der Waals surface area contributed by atoms with Gasteiger partial charge in [-0.25, -0.2) is 8.42 Å². The van der Waals surface area contributed by atoms with Crippen LogP contribution in [0.2, 0.25) is 5.02 Å². The fourth-order valence-electron chi connectivity index (χ4n) is 3.50. The van der Waals surface area contributed by atoms with Crippen LogP contribution in [0.15, 0.2) is 48.5 Å². The van der Waals surface area contributed by atoms with Crippen molar-refractivity contribution >= 4 is 44.8 Å². The average molecular weight is 539 g/mol. The summed E-state index contributed by atoms with van der Waals surface area (Å²) in [6.45, 7) is 5.47. The van der Waals surface area contributed by atoms with Crippen LogP contribution in [0.25, 0.3) is 0 Å². The zero-order valence-corrected chi connectivity index (χ0v) is 22.3. The molecular weight excluding hydrogens is 508 g/mol. The molecular formula is C24H31ClN4O6S. The van der Waals surface area contributed by atoms with Crippen LogP contribution in [0.3, 0.4) is 0 Å². The smallest absolute Gasteiger partial charge is 0.271 e. The first-order valence-electron chi connectivity index (χ1n) is 11.4. The largest absolute Gasteiger partial charge is 0.354 e. The summed E-state index contributed by atoms with van der Waals surface area (Å²) >= 11 is 5.98. The van der Waals surface area contributed by atoms with Gasteiger partial charge in [0.05, 0.1) is 16.9 Å². The van der Waals surface area contributed by atoms with E-state index in [9.17, 15) is 28.1 Å². The molecule has 0 radical (unpaired) electrons. The summed E-state index contributed by atoms with van der Waals surface area (Å²) in [5.74, 6) is -0.787. The molecule has 196 valence electrons. The molecule has 2 amide bonds. The van der Waals surface area contributed by atoms with Crippen molar-refractivity contribution in [2.45, 2.75) is 39.8 Å². The lowest BCUT2D eigenvalue weighted by Gasteiger charge is -2.33. The van der Waals surface area contributed by atoms with Crippen molar-refractivity contribution in [3.8, 4) is 0 Å². The molecule has 2 aromatic rings. The molecule has 0 spiro atoms. The van der Waals surface area contributed by atoms with E-state index in [0.29, 0.717) is 23.6 Å². The van der Waals surface area contributed by atoms with Crippen LogP contribution in [0.4, 0.5) is 11.4 Å². The Hall–Kier alpha value is -3.18. The highest BCUT2D eigenvalue weighted by Gasteiger charge is 2.32. The maximum atomic E-state index is 13.6. The minimum atomic E-state index is -4.00. The van der Waals surface area contributed by atoms with Gasteiger partial charge in [-0.2, -0.15) is 0 Å². The Morgan fingerprint density at radius 2 is 1.78 bits per heavy atom. The minimum absolute atomic E-state index is 0.0243. The monoisotopic (exact) mass is 538 g/mol. The first kappa shape index (κ1) is 29.1. The third-order valence-corrected chi connectivity index (χ3v) is 6.74. The van der Waals surface area contributed by atoms with Crippen molar-refractivity contribution in [1.29, 1.82) is 0 Å². The van der Waals surface area contributed by atoms with Crippen molar-refractivity contribution < 1.29 is 22.9 Å². The van der Waals surface area contributed by atoms with Gasteiger partial charge < -0.3 is 10.2 Å². The number of non-ortho nitro benzene ring substituents is 1. The van der Waals surface area contributed by atoms with Gasteiger partial charge in [0.15, 0.2) is 0 Å². The van der Waals surface area contributed by atoms with Crippen molar-refractivity contribution in [3.05, 3.63) is 69.2 Å². The maximum absolute atomic E-state index is 13.6. The maximum Gasteiger partial charge on any atom is 0.271 e. The fourth-order valence-corrected chi connectivity index (χ4v) is 4.47. The standard InChI is InChI=1S/C24H31ClN4O6S/c1-5-22(24(31)26-14-17(2)3)27(15-18-9-11-19(25)12-10-18)23(30)16-28(36(4,34)35)20-7-6-8-21(13-20)29(32)33/h6-13,17,22H,5,14-16H2,1-4H3,(H,26,31)/t22-/m0/s1. The quantitative estimate of drug-likeness (QED) is 0.324. The first-order valence-corrected chi connectivity index (χ1v) is 13.6. The average Bonchev–Trinajstić information content (AvgIpc) is 2.81. The molecule has 0 aromatic heterocycles. The minimum Gasteiger partial charge on any atom is -0.354 e. The normalized spacial score (nSPS) is 12.2. The van der Waals surface area contributed by atoms with E-state index in [4.69, 9.17) is 11.6 Å². The van der Waals surface area contributed by atoms with Crippen LogP contribution in [0, 0.1) is 16.0 Å². The van der Waals surface area contributed by atoms with Gasteiger partial charge in [-0.05, 0) is 36.1 Å². The Morgan fingerprint density at radius 1 is 1.14 bits per heavy atom. The summed E-state index contributed by atoms with van der Waals surface area (Å²) in [6.07, 6.45) is 1.20. The Bertz CT molecular complexity index is 1190. The molecule has 12 heteroatoms. The first-order chi connectivity index (χ1) is 16.8. The summed E-state index contributed by atoms with van der Waals surface area (Å²) in [7, 11) is -4.00. The highest BCUT2D eigenvalue weighted by atomic mass is 35.5.